The average molecular weight is 307 g/mol. The van der Waals surface area contributed by atoms with Gasteiger partial charge >= 0.3 is 0 Å². The second-order valence-corrected chi connectivity index (χ2v) is 5.48. The Labute approximate surface area is 135 Å². The second-order valence-electron chi connectivity index (χ2n) is 5.48. The van der Waals surface area contributed by atoms with Gasteiger partial charge in [-0.15, -0.1) is 0 Å². The lowest BCUT2D eigenvalue weighted by Gasteiger charge is -2.33. The lowest BCUT2D eigenvalue weighted by molar-refractivity contribution is 0.0425. The molecule has 0 aliphatic rings. The first-order chi connectivity index (χ1) is 11.0. The Kier molecular flexibility index (Phi) is 4.77. The number of hydrogen-bond acceptors (Lipinski definition) is 3. The van der Waals surface area contributed by atoms with Crippen molar-refractivity contribution in [2.75, 3.05) is 0 Å². The Bertz CT molecular complexity index is 734. The van der Waals surface area contributed by atoms with Crippen molar-refractivity contribution in [2.24, 2.45) is 0 Å². The van der Waals surface area contributed by atoms with E-state index in [0.717, 1.165) is 5.01 Å². The van der Waals surface area contributed by atoms with Crippen molar-refractivity contribution >= 4 is 11.8 Å². The molecule has 116 valence electrons. The van der Waals surface area contributed by atoms with Crippen LogP contribution in [0.25, 0.3) is 0 Å². The monoisotopic (exact) mass is 307 g/mol. The molecular weight excluding hydrogens is 290 g/mol. The summed E-state index contributed by atoms with van der Waals surface area (Å²) in [5.41, 5.74) is 2.15. The van der Waals surface area contributed by atoms with Gasteiger partial charge in [-0.25, -0.2) is 5.01 Å². The smallest absolute Gasteiger partial charge is 0.267 e. The fourth-order valence-corrected chi connectivity index (χ4v) is 1.96. The first-order valence-electron chi connectivity index (χ1n) is 7.12. The molecule has 2 rings (SSSR count). The Morgan fingerprint density at radius 2 is 1.43 bits per heavy atom. The highest BCUT2D eigenvalue weighted by molar-refractivity contribution is 5.99. The third-order valence-corrected chi connectivity index (χ3v) is 3.31. The van der Waals surface area contributed by atoms with Crippen molar-refractivity contribution in [3.8, 4) is 6.07 Å². The van der Waals surface area contributed by atoms with Crippen LogP contribution >= 0.6 is 0 Å². The highest BCUT2D eigenvalue weighted by atomic mass is 16.2. The third kappa shape index (κ3) is 3.74. The van der Waals surface area contributed by atoms with Gasteiger partial charge in [-0.1, -0.05) is 36.4 Å². The van der Waals surface area contributed by atoms with Gasteiger partial charge in [0.25, 0.3) is 11.8 Å². The van der Waals surface area contributed by atoms with E-state index in [1.807, 2.05) is 6.07 Å². The number of amides is 2. The number of carbonyl (C=O) groups excluding carboxylic acids is 2. The molecule has 1 N–H and O–H groups in total. The molecule has 0 bridgehead atoms. The summed E-state index contributed by atoms with van der Waals surface area (Å²) in [4.78, 5) is 25.0. The minimum atomic E-state index is -1.20. The van der Waals surface area contributed by atoms with Gasteiger partial charge in [-0.3, -0.25) is 15.0 Å². The third-order valence-electron chi connectivity index (χ3n) is 3.31. The van der Waals surface area contributed by atoms with Crippen molar-refractivity contribution in [3.05, 3.63) is 71.8 Å². The maximum absolute atomic E-state index is 12.7. The summed E-state index contributed by atoms with van der Waals surface area (Å²) >= 11 is 0. The van der Waals surface area contributed by atoms with Gasteiger partial charge in [0, 0.05) is 11.1 Å². The van der Waals surface area contributed by atoms with E-state index in [2.05, 4.69) is 5.43 Å². The summed E-state index contributed by atoms with van der Waals surface area (Å²) in [5.74, 6) is -0.889. The summed E-state index contributed by atoms with van der Waals surface area (Å²) in [6.45, 7) is 3.14. The number of nitrogens with zero attached hydrogens (tertiary/aromatic N) is 2. The highest BCUT2D eigenvalue weighted by Gasteiger charge is 2.33. The quantitative estimate of drug-likeness (QED) is 0.886. The molecule has 0 aromatic heterocycles. The molecule has 0 saturated heterocycles. The van der Waals surface area contributed by atoms with Crippen LogP contribution in [0.1, 0.15) is 34.6 Å². The van der Waals surface area contributed by atoms with Crippen molar-refractivity contribution < 1.29 is 9.59 Å². The molecule has 0 fully saturated rings. The number of nitriles is 1. The maximum atomic E-state index is 12.7. The molecule has 0 aliphatic heterocycles. The molecule has 0 saturated carbocycles. The number of rotatable bonds is 3. The van der Waals surface area contributed by atoms with E-state index in [-0.39, 0.29) is 0 Å². The molecule has 0 atom stereocenters. The van der Waals surface area contributed by atoms with Crippen LogP contribution in [0.5, 0.6) is 0 Å². The van der Waals surface area contributed by atoms with Crippen molar-refractivity contribution in [3.63, 3.8) is 0 Å². The Morgan fingerprint density at radius 3 is 1.91 bits per heavy atom. The summed E-state index contributed by atoms with van der Waals surface area (Å²) in [7, 11) is 0. The van der Waals surface area contributed by atoms with Crippen LogP contribution in [-0.2, 0) is 0 Å². The van der Waals surface area contributed by atoms with Crippen molar-refractivity contribution in [1.82, 2.24) is 10.4 Å². The van der Waals surface area contributed by atoms with E-state index in [4.69, 9.17) is 0 Å². The zero-order valence-corrected chi connectivity index (χ0v) is 13.0. The van der Waals surface area contributed by atoms with Crippen LogP contribution in [0.3, 0.4) is 0 Å². The second kappa shape index (κ2) is 6.75. The van der Waals surface area contributed by atoms with E-state index in [1.54, 1.807) is 74.5 Å². The summed E-state index contributed by atoms with van der Waals surface area (Å²) in [6.07, 6.45) is 0. The van der Waals surface area contributed by atoms with Crippen LogP contribution < -0.4 is 5.43 Å². The van der Waals surface area contributed by atoms with E-state index >= 15 is 0 Å². The number of nitrogens with one attached hydrogen (secondary N) is 1. The summed E-state index contributed by atoms with van der Waals surface area (Å²) in [5, 5.41) is 10.4. The Hall–Kier alpha value is -3.13. The first-order valence-corrected chi connectivity index (χ1v) is 7.12. The molecule has 0 unspecified atom stereocenters. The molecule has 2 amide bonds. The molecule has 2 aromatic carbocycles. The van der Waals surface area contributed by atoms with Crippen LogP contribution in [0.4, 0.5) is 0 Å². The SMILES string of the molecule is CC(C)(C#N)N(NC(=O)c1ccccc1)C(=O)c1ccccc1. The lowest BCUT2D eigenvalue weighted by Crippen LogP contribution is -2.56. The van der Waals surface area contributed by atoms with Crippen molar-refractivity contribution in [2.45, 2.75) is 19.4 Å². The maximum Gasteiger partial charge on any atom is 0.273 e. The minimum absolute atomic E-state index is 0.393. The molecule has 23 heavy (non-hydrogen) atoms. The standard InChI is InChI=1S/C18H17N3O2/c1-18(2,13-19)21(17(23)15-11-7-4-8-12-15)20-16(22)14-9-5-3-6-10-14/h3-12H,1-2H3,(H,20,22). The molecule has 0 radical (unpaired) electrons. The first kappa shape index (κ1) is 16.2. The molecule has 5 nitrogen and oxygen atoms in total. The van der Waals surface area contributed by atoms with Crippen LogP contribution in [0, 0.1) is 11.3 Å². The van der Waals surface area contributed by atoms with Gasteiger partial charge < -0.3 is 0 Å². The van der Waals surface area contributed by atoms with E-state index in [1.165, 1.54) is 0 Å². The molecule has 0 aliphatic carbocycles. The van der Waals surface area contributed by atoms with Crippen LogP contribution in [-0.4, -0.2) is 22.4 Å². The zero-order chi connectivity index (χ0) is 16.9. The van der Waals surface area contributed by atoms with Crippen LogP contribution in [0.15, 0.2) is 60.7 Å². The number of hydrogen-bond donors (Lipinski definition) is 1. The van der Waals surface area contributed by atoms with Gasteiger partial charge in [0.15, 0.2) is 0 Å². The average Bonchev–Trinajstić information content (AvgIpc) is 2.60. The molecule has 0 heterocycles. The Balaban J connectivity index is 2.31. The fraction of sp³-hybridized carbons (Fsp3) is 0.167. The number of hydrazine groups is 1. The minimum Gasteiger partial charge on any atom is -0.267 e. The van der Waals surface area contributed by atoms with Gasteiger partial charge in [-0.05, 0) is 38.1 Å². The van der Waals surface area contributed by atoms with E-state index in [0.29, 0.717) is 11.1 Å². The van der Waals surface area contributed by atoms with Gasteiger partial charge in [0.05, 0.1) is 6.07 Å². The summed E-state index contributed by atoms with van der Waals surface area (Å²) < 4.78 is 0. The fourth-order valence-electron chi connectivity index (χ4n) is 1.96. The molecular formula is C18H17N3O2. The summed E-state index contributed by atoms with van der Waals surface area (Å²) in [6, 6.07) is 19.1. The number of benzene rings is 2. The van der Waals surface area contributed by atoms with E-state index in [9.17, 15) is 14.9 Å². The highest BCUT2D eigenvalue weighted by Crippen LogP contribution is 2.15. The lowest BCUT2D eigenvalue weighted by atomic mass is 10.1. The molecule has 5 heteroatoms. The van der Waals surface area contributed by atoms with E-state index < -0.39 is 17.4 Å². The topological polar surface area (TPSA) is 73.2 Å². The largest absolute Gasteiger partial charge is 0.273 e. The predicted octanol–water partition coefficient (Wildman–Crippen LogP) is 2.78. The molecule has 0 spiro atoms. The number of carbonyl (C=O) groups is 2. The Morgan fingerprint density at radius 1 is 0.957 bits per heavy atom. The van der Waals surface area contributed by atoms with Gasteiger partial charge in [-0.2, -0.15) is 5.26 Å². The van der Waals surface area contributed by atoms with Crippen molar-refractivity contribution in [1.29, 1.82) is 5.26 Å². The molecule has 2 aromatic rings. The van der Waals surface area contributed by atoms with Gasteiger partial charge in [0.1, 0.15) is 5.54 Å². The van der Waals surface area contributed by atoms with Crippen LogP contribution in [0.2, 0.25) is 0 Å². The van der Waals surface area contributed by atoms with Gasteiger partial charge in [0.2, 0.25) is 0 Å². The zero-order valence-electron chi connectivity index (χ0n) is 13.0. The normalized spacial score (nSPS) is 10.5. The predicted molar refractivity (Wildman–Crippen MR) is 86.2 cm³/mol.